The number of fused-ring (bicyclic) bond motifs is 1. The van der Waals surface area contributed by atoms with Crippen LogP contribution in [0.15, 0.2) is 71.1 Å². The Kier molecular flexibility index (Phi) is 6.27. The molecular formula is C21H15ClN4O2S2. The summed E-state index contributed by atoms with van der Waals surface area (Å²) in [6.45, 7) is 0. The van der Waals surface area contributed by atoms with Gasteiger partial charge in [-0.2, -0.15) is 0 Å². The molecule has 6 nitrogen and oxygen atoms in total. The number of nitrogens with one attached hydrogen (secondary N) is 2. The number of hydrogen-bond acceptors (Lipinski definition) is 6. The molecule has 0 spiro atoms. The van der Waals surface area contributed by atoms with Crippen molar-refractivity contribution in [3.05, 3.63) is 77.3 Å². The number of nitrogens with zero attached hydrogens (tertiary/aromatic N) is 2. The molecule has 0 saturated heterocycles. The minimum atomic E-state index is -0.298. The number of amides is 2. The predicted molar refractivity (Wildman–Crippen MR) is 123 cm³/mol. The van der Waals surface area contributed by atoms with Gasteiger partial charge in [-0.15, -0.1) is 10.2 Å². The second kappa shape index (κ2) is 9.25. The second-order valence-electron chi connectivity index (χ2n) is 6.20. The van der Waals surface area contributed by atoms with E-state index in [1.165, 1.54) is 23.1 Å². The molecule has 0 unspecified atom stereocenters. The molecule has 9 heteroatoms. The number of halogens is 1. The molecule has 1 aromatic heterocycles. The minimum absolute atomic E-state index is 0.140. The Hall–Kier alpha value is -2.94. The van der Waals surface area contributed by atoms with Crippen LogP contribution < -0.4 is 10.6 Å². The second-order valence-corrected chi connectivity index (χ2v) is 8.83. The molecule has 4 aromatic rings. The van der Waals surface area contributed by atoms with Crippen molar-refractivity contribution in [3.8, 4) is 0 Å². The molecule has 0 radical (unpaired) electrons. The standard InChI is InChI=1S/C21H15ClN4O2S2/c22-15-10-8-14(9-11-15)19(28)24-20-25-26-21(30-20)29-12-18(27)23-17-7-3-5-13-4-1-2-6-16(13)17/h1-11H,12H2,(H,23,27)(H,24,25,28). The van der Waals surface area contributed by atoms with E-state index in [-0.39, 0.29) is 17.6 Å². The summed E-state index contributed by atoms with van der Waals surface area (Å²) in [7, 11) is 0. The molecule has 2 amide bonds. The molecule has 150 valence electrons. The van der Waals surface area contributed by atoms with Gasteiger partial charge in [0, 0.05) is 21.7 Å². The molecule has 0 atom stereocenters. The summed E-state index contributed by atoms with van der Waals surface area (Å²) in [5, 5.41) is 16.6. The summed E-state index contributed by atoms with van der Waals surface area (Å²) >= 11 is 8.31. The first-order valence-corrected chi connectivity index (χ1v) is 11.1. The number of rotatable bonds is 6. The first-order chi connectivity index (χ1) is 14.6. The monoisotopic (exact) mass is 454 g/mol. The maximum absolute atomic E-state index is 12.4. The first kappa shape index (κ1) is 20.3. The van der Waals surface area contributed by atoms with Crippen LogP contribution in [-0.4, -0.2) is 27.8 Å². The van der Waals surface area contributed by atoms with E-state index in [1.54, 1.807) is 24.3 Å². The molecule has 1 heterocycles. The van der Waals surface area contributed by atoms with Crippen LogP contribution in [0.4, 0.5) is 10.8 Å². The Morgan fingerprint density at radius 2 is 1.70 bits per heavy atom. The quantitative estimate of drug-likeness (QED) is 0.304. The minimum Gasteiger partial charge on any atom is -0.325 e. The highest BCUT2D eigenvalue weighted by Crippen LogP contribution is 2.27. The third kappa shape index (κ3) is 4.96. The zero-order valence-electron chi connectivity index (χ0n) is 15.5. The maximum atomic E-state index is 12.4. The molecule has 3 aromatic carbocycles. The van der Waals surface area contributed by atoms with Gasteiger partial charge < -0.3 is 5.32 Å². The van der Waals surface area contributed by atoms with Gasteiger partial charge >= 0.3 is 0 Å². The van der Waals surface area contributed by atoms with Gasteiger partial charge in [-0.1, -0.05) is 71.1 Å². The molecule has 0 saturated carbocycles. The SMILES string of the molecule is O=C(CSc1nnc(NC(=O)c2ccc(Cl)cc2)s1)Nc1cccc2ccccc12. The fourth-order valence-corrected chi connectivity index (χ4v) is 4.41. The maximum Gasteiger partial charge on any atom is 0.257 e. The lowest BCUT2D eigenvalue weighted by atomic mass is 10.1. The smallest absolute Gasteiger partial charge is 0.257 e. The van der Waals surface area contributed by atoms with E-state index >= 15 is 0 Å². The highest BCUT2D eigenvalue weighted by Gasteiger charge is 2.12. The van der Waals surface area contributed by atoms with Gasteiger partial charge in [-0.25, -0.2) is 0 Å². The van der Waals surface area contributed by atoms with Gasteiger partial charge in [-0.05, 0) is 35.7 Å². The average Bonchev–Trinajstić information content (AvgIpc) is 3.20. The van der Waals surface area contributed by atoms with Crippen molar-refractivity contribution in [1.29, 1.82) is 0 Å². The molecule has 0 bridgehead atoms. The van der Waals surface area contributed by atoms with Gasteiger partial charge in [0.25, 0.3) is 5.91 Å². The van der Waals surface area contributed by atoms with E-state index in [0.717, 1.165) is 16.5 Å². The van der Waals surface area contributed by atoms with Gasteiger partial charge in [0.05, 0.1) is 5.75 Å². The third-order valence-electron chi connectivity index (χ3n) is 4.12. The van der Waals surface area contributed by atoms with E-state index < -0.39 is 0 Å². The molecule has 0 aliphatic rings. The summed E-state index contributed by atoms with van der Waals surface area (Å²) in [4.78, 5) is 24.6. The van der Waals surface area contributed by atoms with Gasteiger partial charge in [0.1, 0.15) is 0 Å². The Morgan fingerprint density at radius 3 is 2.53 bits per heavy atom. The first-order valence-electron chi connectivity index (χ1n) is 8.89. The zero-order valence-corrected chi connectivity index (χ0v) is 17.9. The summed E-state index contributed by atoms with van der Waals surface area (Å²) in [6.07, 6.45) is 0. The van der Waals surface area contributed by atoms with Crippen molar-refractivity contribution in [3.63, 3.8) is 0 Å². The van der Waals surface area contributed by atoms with E-state index in [9.17, 15) is 9.59 Å². The number of hydrogen-bond donors (Lipinski definition) is 2. The normalized spacial score (nSPS) is 10.7. The largest absolute Gasteiger partial charge is 0.325 e. The molecule has 0 aliphatic carbocycles. The molecule has 4 rings (SSSR count). The fourth-order valence-electron chi connectivity index (χ4n) is 2.74. The lowest BCUT2D eigenvalue weighted by Crippen LogP contribution is -2.14. The number of anilines is 2. The van der Waals surface area contributed by atoms with Crippen LogP contribution in [0, 0.1) is 0 Å². The fraction of sp³-hybridized carbons (Fsp3) is 0.0476. The van der Waals surface area contributed by atoms with Crippen LogP contribution in [0.3, 0.4) is 0 Å². The van der Waals surface area contributed by atoms with Gasteiger partial charge in [-0.3, -0.25) is 14.9 Å². The number of aromatic nitrogens is 2. The van der Waals surface area contributed by atoms with Crippen LogP contribution in [0.1, 0.15) is 10.4 Å². The highest BCUT2D eigenvalue weighted by atomic mass is 35.5. The Balaban J connectivity index is 1.33. The number of carbonyl (C=O) groups excluding carboxylic acids is 2. The van der Waals surface area contributed by atoms with Crippen molar-refractivity contribution in [2.24, 2.45) is 0 Å². The molecular weight excluding hydrogens is 440 g/mol. The summed E-state index contributed by atoms with van der Waals surface area (Å²) in [5.74, 6) is -0.255. The van der Waals surface area contributed by atoms with E-state index in [2.05, 4.69) is 20.8 Å². The summed E-state index contributed by atoms with van der Waals surface area (Å²) < 4.78 is 0.592. The topological polar surface area (TPSA) is 84.0 Å². The van der Waals surface area contributed by atoms with E-state index in [4.69, 9.17) is 11.6 Å². The van der Waals surface area contributed by atoms with Crippen LogP contribution in [0.5, 0.6) is 0 Å². The van der Waals surface area contributed by atoms with Crippen LogP contribution in [0.25, 0.3) is 10.8 Å². The van der Waals surface area contributed by atoms with Crippen LogP contribution in [0.2, 0.25) is 5.02 Å². The third-order valence-corrected chi connectivity index (χ3v) is 6.35. The Labute approximate surface area is 185 Å². The molecule has 0 fully saturated rings. The lowest BCUT2D eigenvalue weighted by molar-refractivity contribution is -0.113. The zero-order chi connectivity index (χ0) is 20.9. The molecule has 30 heavy (non-hydrogen) atoms. The predicted octanol–water partition coefficient (Wildman–Crippen LogP) is 5.33. The summed E-state index contributed by atoms with van der Waals surface area (Å²) in [5.41, 5.74) is 1.24. The average molecular weight is 455 g/mol. The van der Waals surface area contributed by atoms with Crippen molar-refractivity contribution in [2.45, 2.75) is 4.34 Å². The van der Waals surface area contributed by atoms with Crippen LogP contribution in [-0.2, 0) is 4.79 Å². The Bertz CT molecular complexity index is 1210. The van der Waals surface area contributed by atoms with Crippen LogP contribution >= 0.6 is 34.7 Å². The Morgan fingerprint density at radius 1 is 0.933 bits per heavy atom. The van der Waals surface area contributed by atoms with Crippen molar-refractivity contribution in [2.75, 3.05) is 16.4 Å². The van der Waals surface area contributed by atoms with Gasteiger partial charge in [0.2, 0.25) is 11.0 Å². The van der Waals surface area contributed by atoms with Gasteiger partial charge in [0.15, 0.2) is 4.34 Å². The molecule has 2 N–H and O–H groups in total. The number of thioether (sulfide) groups is 1. The molecule has 0 aliphatic heterocycles. The number of benzene rings is 3. The lowest BCUT2D eigenvalue weighted by Gasteiger charge is -2.08. The van der Waals surface area contributed by atoms with Crippen molar-refractivity contribution in [1.82, 2.24) is 10.2 Å². The number of carbonyl (C=O) groups is 2. The highest BCUT2D eigenvalue weighted by molar-refractivity contribution is 8.01. The van der Waals surface area contributed by atoms with E-state index in [1.807, 2.05) is 42.5 Å². The van der Waals surface area contributed by atoms with Crippen molar-refractivity contribution >= 4 is 68.1 Å². The van der Waals surface area contributed by atoms with Crippen molar-refractivity contribution < 1.29 is 9.59 Å². The summed E-state index contributed by atoms with van der Waals surface area (Å²) in [6, 6.07) is 20.2. The van der Waals surface area contributed by atoms with E-state index in [0.29, 0.717) is 20.1 Å².